The van der Waals surface area contributed by atoms with Crippen molar-refractivity contribution in [3.05, 3.63) is 47.5 Å². The Morgan fingerprint density at radius 2 is 2.11 bits per heavy atom. The molecule has 0 saturated carbocycles. The maximum Gasteiger partial charge on any atom is 0.165 e. The van der Waals surface area contributed by atoms with E-state index >= 15 is 0 Å². The lowest BCUT2D eigenvalue weighted by molar-refractivity contribution is 0.386. The van der Waals surface area contributed by atoms with Crippen molar-refractivity contribution >= 4 is 12.4 Å². The van der Waals surface area contributed by atoms with Crippen LogP contribution in [0.25, 0.3) is 0 Å². The van der Waals surface area contributed by atoms with E-state index in [0.29, 0.717) is 11.3 Å². The zero-order valence-electron chi connectivity index (χ0n) is 10.1. The Hall–Kier alpha value is -1.59. The molecule has 4 nitrogen and oxygen atoms in total. The smallest absolute Gasteiger partial charge is 0.165 e. The molecule has 0 spiro atoms. The number of hydrogen-bond donors (Lipinski definition) is 1. The fourth-order valence-corrected chi connectivity index (χ4v) is 1.65. The Balaban J connectivity index is 0.00000162. The van der Waals surface area contributed by atoms with Gasteiger partial charge in [0.1, 0.15) is 0 Å². The number of methoxy groups -OCH3 is 1. The van der Waals surface area contributed by atoms with Crippen LogP contribution in [-0.2, 0) is 7.05 Å². The number of aryl methyl sites for hydroxylation is 1. The van der Waals surface area contributed by atoms with Gasteiger partial charge in [-0.1, -0.05) is 6.07 Å². The van der Waals surface area contributed by atoms with Gasteiger partial charge in [-0.3, -0.25) is 4.68 Å². The first-order valence-electron chi connectivity index (χ1n) is 5.20. The summed E-state index contributed by atoms with van der Waals surface area (Å²) in [7, 11) is 3.24. The Kier molecular flexibility index (Phi) is 4.69. The van der Waals surface area contributed by atoms with E-state index in [1.54, 1.807) is 23.0 Å². The van der Waals surface area contributed by atoms with Crippen molar-refractivity contribution in [1.29, 1.82) is 0 Å². The van der Waals surface area contributed by atoms with E-state index in [1.807, 2.05) is 13.1 Å². The molecule has 0 amide bonds. The molecule has 0 bridgehead atoms. The number of ether oxygens (including phenoxy) is 1. The largest absolute Gasteiger partial charge is 0.494 e. The van der Waals surface area contributed by atoms with E-state index in [4.69, 9.17) is 10.5 Å². The first kappa shape index (κ1) is 14.5. The topological polar surface area (TPSA) is 53.1 Å². The third-order valence-electron chi connectivity index (χ3n) is 2.59. The SMILES string of the molecule is COc1ccc([C@H](N)c2ccn(C)n2)cc1F.Cl. The average molecular weight is 272 g/mol. The van der Waals surface area contributed by atoms with E-state index in [0.717, 1.165) is 0 Å². The molecule has 0 radical (unpaired) electrons. The highest BCUT2D eigenvalue weighted by Gasteiger charge is 2.13. The summed E-state index contributed by atoms with van der Waals surface area (Å²) in [5.74, 6) is -0.210. The molecule has 0 saturated heterocycles. The van der Waals surface area contributed by atoms with Gasteiger partial charge in [0.05, 0.1) is 18.8 Å². The molecule has 2 N–H and O–H groups in total. The maximum atomic E-state index is 13.5. The molecule has 0 unspecified atom stereocenters. The number of hydrogen-bond acceptors (Lipinski definition) is 3. The monoisotopic (exact) mass is 271 g/mol. The molecule has 1 aromatic carbocycles. The molecule has 1 heterocycles. The highest BCUT2D eigenvalue weighted by Crippen LogP contribution is 2.23. The van der Waals surface area contributed by atoms with Crippen LogP contribution in [0.15, 0.2) is 30.5 Å². The van der Waals surface area contributed by atoms with Crippen molar-refractivity contribution in [2.24, 2.45) is 12.8 Å². The zero-order chi connectivity index (χ0) is 12.4. The summed E-state index contributed by atoms with van der Waals surface area (Å²) in [6, 6.07) is 6.05. The van der Waals surface area contributed by atoms with Crippen LogP contribution < -0.4 is 10.5 Å². The molecular weight excluding hydrogens is 257 g/mol. The van der Waals surface area contributed by atoms with Gasteiger partial charge >= 0.3 is 0 Å². The van der Waals surface area contributed by atoms with Crippen molar-refractivity contribution in [1.82, 2.24) is 9.78 Å². The summed E-state index contributed by atoms with van der Waals surface area (Å²) < 4.78 is 20.0. The predicted molar refractivity (Wildman–Crippen MR) is 69.4 cm³/mol. The summed E-state index contributed by atoms with van der Waals surface area (Å²) in [4.78, 5) is 0. The van der Waals surface area contributed by atoms with Crippen LogP contribution in [0, 0.1) is 5.82 Å². The van der Waals surface area contributed by atoms with E-state index in [1.165, 1.54) is 13.2 Å². The molecule has 1 atom stereocenters. The maximum absolute atomic E-state index is 13.5. The van der Waals surface area contributed by atoms with Crippen LogP contribution in [-0.4, -0.2) is 16.9 Å². The quantitative estimate of drug-likeness (QED) is 0.929. The first-order valence-corrected chi connectivity index (χ1v) is 5.20. The molecule has 98 valence electrons. The van der Waals surface area contributed by atoms with E-state index < -0.39 is 11.9 Å². The Bertz CT molecular complexity index is 530. The predicted octanol–water partition coefficient (Wildman–Crippen LogP) is 2.04. The van der Waals surface area contributed by atoms with Crippen molar-refractivity contribution in [3.63, 3.8) is 0 Å². The second-order valence-electron chi connectivity index (χ2n) is 3.79. The Morgan fingerprint density at radius 1 is 1.39 bits per heavy atom. The van der Waals surface area contributed by atoms with Crippen molar-refractivity contribution < 1.29 is 9.13 Å². The fourth-order valence-electron chi connectivity index (χ4n) is 1.65. The highest BCUT2D eigenvalue weighted by atomic mass is 35.5. The number of nitrogens with two attached hydrogens (primary N) is 1. The molecule has 0 aliphatic carbocycles. The average Bonchev–Trinajstić information content (AvgIpc) is 2.75. The number of rotatable bonds is 3. The van der Waals surface area contributed by atoms with Gasteiger partial charge in [0, 0.05) is 13.2 Å². The van der Waals surface area contributed by atoms with Gasteiger partial charge < -0.3 is 10.5 Å². The lowest BCUT2D eigenvalue weighted by Crippen LogP contribution is -2.13. The number of aromatic nitrogens is 2. The number of benzene rings is 1. The summed E-state index contributed by atoms with van der Waals surface area (Å²) >= 11 is 0. The van der Waals surface area contributed by atoms with E-state index in [9.17, 15) is 4.39 Å². The molecule has 0 aliphatic rings. The van der Waals surface area contributed by atoms with Gasteiger partial charge in [-0.05, 0) is 23.8 Å². The molecule has 0 fully saturated rings. The third kappa shape index (κ3) is 2.80. The molecule has 0 aliphatic heterocycles. The standard InChI is InChI=1S/C12H14FN3O.ClH/c1-16-6-5-10(15-16)12(14)8-3-4-11(17-2)9(13)7-8;/h3-7,12H,14H2,1-2H3;1H/t12-;/m0./s1. The third-order valence-corrected chi connectivity index (χ3v) is 2.59. The molecule has 18 heavy (non-hydrogen) atoms. The minimum absolute atomic E-state index is 0. The second kappa shape index (κ2) is 5.84. The van der Waals surface area contributed by atoms with Gasteiger partial charge in [0.2, 0.25) is 0 Å². The van der Waals surface area contributed by atoms with Gasteiger partial charge in [0.15, 0.2) is 11.6 Å². The Labute approximate surface area is 111 Å². The first-order chi connectivity index (χ1) is 8.11. The van der Waals surface area contributed by atoms with Gasteiger partial charge in [-0.2, -0.15) is 5.10 Å². The lowest BCUT2D eigenvalue weighted by Gasteiger charge is -2.10. The van der Waals surface area contributed by atoms with Crippen molar-refractivity contribution in [3.8, 4) is 5.75 Å². The summed E-state index contributed by atoms with van der Waals surface area (Å²) in [6.45, 7) is 0. The highest BCUT2D eigenvalue weighted by molar-refractivity contribution is 5.85. The second-order valence-corrected chi connectivity index (χ2v) is 3.79. The molecule has 6 heteroatoms. The number of halogens is 2. The minimum Gasteiger partial charge on any atom is -0.494 e. The van der Waals surface area contributed by atoms with Gasteiger partial charge in [-0.15, -0.1) is 12.4 Å². The van der Waals surface area contributed by atoms with E-state index in [2.05, 4.69) is 5.10 Å². The van der Waals surface area contributed by atoms with Gasteiger partial charge in [-0.25, -0.2) is 4.39 Å². The molecule has 2 rings (SSSR count). The Morgan fingerprint density at radius 3 is 2.61 bits per heavy atom. The lowest BCUT2D eigenvalue weighted by atomic mass is 10.0. The molecule has 2 aromatic rings. The van der Waals surface area contributed by atoms with E-state index in [-0.39, 0.29) is 18.2 Å². The fraction of sp³-hybridized carbons (Fsp3) is 0.250. The molecule has 1 aromatic heterocycles. The van der Waals surface area contributed by atoms with Crippen LogP contribution in [0.1, 0.15) is 17.3 Å². The zero-order valence-corrected chi connectivity index (χ0v) is 10.9. The normalized spacial score (nSPS) is 11.8. The number of nitrogens with zero attached hydrogens (tertiary/aromatic N) is 2. The summed E-state index contributed by atoms with van der Waals surface area (Å²) in [5, 5.41) is 4.20. The van der Waals surface area contributed by atoms with Crippen molar-refractivity contribution in [2.45, 2.75) is 6.04 Å². The molecular formula is C12H15ClFN3O. The van der Waals surface area contributed by atoms with Crippen LogP contribution >= 0.6 is 12.4 Å². The summed E-state index contributed by atoms with van der Waals surface area (Å²) in [5.41, 5.74) is 7.38. The minimum atomic E-state index is -0.434. The van der Waals surface area contributed by atoms with Gasteiger partial charge in [0.25, 0.3) is 0 Å². The van der Waals surface area contributed by atoms with Crippen LogP contribution in [0.5, 0.6) is 5.75 Å². The van der Waals surface area contributed by atoms with Crippen LogP contribution in [0.2, 0.25) is 0 Å². The van der Waals surface area contributed by atoms with Crippen LogP contribution in [0.4, 0.5) is 4.39 Å². The summed E-state index contributed by atoms with van der Waals surface area (Å²) in [6.07, 6.45) is 1.80. The van der Waals surface area contributed by atoms with Crippen LogP contribution in [0.3, 0.4) is 0 Å². The van der Waals surface area contributed by atoms with Crippen molar-refractivity contribution in [2.75, 3.05) is 7.11 Å².